The first-order valence-corrected chi connectivity index (χ1v) is 9.12. The minimum absolute atomic E-state index is 0.0444. The lowest BCUT2D eigenvalue weighted by Gasteiger charge is -2.33. The van der Waals surface area contributed by atoms with Crippen LogP contribution in [-0.2, 0) is 0 Å². The maximum Gasteiger partial charge on any atom is 0.274 e. The summed E-state index contributed by atoms with van der Waals surface area (Å²) in [6.45, 7) is 6.67. The van der Waals surface area contributed by atoms with Crippen LogP contribution in [0.3, 0.4) is 0 Å². The molecule has 3 aromatic rings. The van der Waals surface area contributed by atoms with Crippen LogP contribution in [0.15, 0.2) is 42.7 Å². The number of nitrogens with zero attached hydrogens (tertiary/aromatic N) is 4. The van der Waals surface area contributed by atoms with Crippen molar-refractivity contribution >= 4 is 22.2 Å². The monoisotopic (exact) mass is 340 g/mol. The van der Waals surface area contributed by atoms with Gasteiger partial charge in [0.2, 0.25) is 0 Å². The molecule has 1 aliphatic rings. The number of piperazine rings is 1. The lowest BCUT2D eigenvalue weighted by atomic mass is 10.2. The fourth-order valence-corrected chi connectivity index (χ4v) is 4.04. The van der Waals surface area contributed by atoms with Crippen molar-refractivity contribution in [2.45, 2.75) is 6.92 Å². The molecule has 2 aromatic heterocycles. The molecule has 124 valence electrons. The Labute approximate surface area is 145 Å². The first-order chi connectivity index (χ1) is 11.7. The number of likely N-dealkylation sites (N-methyl/N-ethyl adjacent to an activating group) is 1. The lowest BCUT2D eigenvalue weighted by molar-refractivity contribution is 0.0638. The Morgan fingerprint density at radius 2 is 1.88 bits per heavy atom. The van der Waals surface area contributed by atoms with Gasteiger partial charge < -0.3 is 9.80 Å². The van der Waals surface area contributed by atoms with E-state index in [0.717, 1.165) is 42.6 Å². The second-order valence-electron chi connectivity index (χ2n) is 6.00. The van der Waals surface area contributed by atoms with Crippen LogP contribution < -0.4 is 0 Å². The summed E-state index contributed by atoms with van der Waals surface area (Å²) in [5.41, 5.74) is 1.72. The lowest BCUT2D eigenvalue weighted by Crippen LogP contribution is -2.48. The molecule has 1 aromatic carbocycles. The summed E-state index contributed by atoms with van der Waals surface area (Å²) in [5, 5.41) is 0. The fourth-order valence-electron chi connectivity index (χ4n) is 3.06. The Hall–Kier alpha value is -2.18. The van der Waals surface area contributed by atoms with Crippen LogP contribution in [0.4, 0.5) is 0 Å². The average molecular weight is 340 g/mol. The van der Waals surface area contributed by atoms with Crippen molar-refractivity contribution in [2.75, 3.05) is 32.7 Å². The topological polar surface area (TPSA) is 40.9 Å². The minimum Gasteiger partial charge on any atom is -0.335 e. The van der Waals surface area contributed by atoms with Gasteiger partial charge in [0.1, 0.15) is 5.69 Å². The molecular weight excluding hydrogens is 320 g/mol. The zero-order valence-electron chi connectivity index (χ0n) is 13.7. The van der Waals surface area contributed by atoms with Gasteiger partial charge in [0, 0.05) is 38.6 Å². The predicted molar refractivity (Wildman–Crippen MR) is 96.5 cm³/mol. The summed E-state index contributed by atoms with van der Waals surface area (Å²) in [4.78, 5) is 23.5. The minimum atomic E-state index is 0.0444. The molecule has 0 unspecified atom stereocenters. The van der Waals surface area contributed by atoms with Crippen LogP contribution >= 0.6 is 11.3 Å². The molecule has 1 saturated heterocycles. The van der Waals surface area contributed by atoms with E-state index in [4.69, 9.17) is 0 Å². The molecule has 0 spiro atoms. The van der Waals surface area contributed by atoms with Gasteiger partial charge >= 0.3 is 0 Å². The van der Waals surface area contributed by atoms with Crippen LogP contribution in [0.2, 0.25) is 0 Å². The van der Waals surface area contributed by atoms with Crippen molar-refractivity contribution in [3.05, 3.63) is 48.4 Å². The molecule has 0 bridgehead atoms. The van der Waals surface area contributed by atoms with Gasteiger partial charge in [0.15, 0.2) is 4.96 Å². The van der Waals surface area contributed by atoms with E-state index in [1.54, 1.807) is 11.3 Å². The van der Waals surface area contributed by atoms with Crippen LogP contribution in [-0.4, -0.2) is 57.8 Å². The number of carbonyl (C=O) groups is 1. The van der Waals surface area contributed by atoms with Gasteiger partial charge in [-0.25, -0.2) is 4.98 Å². The van der Waals surface area contributed by atoms with Gasteiger partial charge in [0.25, 0.3) is 5.91 Å². The van der Waals surface area contributed by atoms with Crippen molar-refractivity contribution in [3.8, 4) is 10.4 Å². The number of carbonyl (C=O) groups excluding carboxylic acids is 1. The summed E-state index contributed by atoms with van der Waals surface area (Å²) in [5.74, 6) is 0.0444. The van der Waals surface area contributed by atoms with E-state index in [2.05, 4.69) is 28.9 Å². The van der Waals surface area contributed by atoms with E-state index in [-0.39, 0.29) is 5.91 Å². The third kappa shape index (κ3) is 2.83. The van der Waals surface area contributed by atoms with Crippen molar-refractivity contribution < 1.29 is 4.79 Å². The average Bonchev–Trinajstić information content (AvgIpc) is 3.21. The summed E-state index contributed by atoms with van der Waals surface area (Å²) in [6.07, 6.45) is 3.90. The number of hydrogen-bond donors (Lipinski definition) is 0. The molecule has 0 aliphatic carbocycles. The highest BCUT2D eigenvalue weighted by Crippen LogP contribution is 2.28. The second-order valence-corrected chi connectivity index (χ2v) is 7.01. The Bertz CT molecular complexity index is 815. The Balaban J connectivity index is 1.53. The number of thiazole rings is 1. The van der Waals surface area contributed by atoms with Crippen molar-refractivity contribution in [3.63, 3.8) is 0 Å². The van der Waals surface area contributed by atoms with E-state index >= 15 is 0 Å². The summed E-state index contributed by atoms with van der Waals surface area (Å²) >= 11 is 1.61. The van der Waals surface area contributed by atoms with Gasteiger partial charge in [-0.1, -0.05) is 48.6 Å². The van der Waals surface area contributed by atoms with Crippen molar-refractivity contribution in [1.29, 1.82) is 0 Å². The number of aromatic nitrogens is 2. The molecule has 1 aliphatic heterocycles. The number of benzene rings is 1. The number of amides is 1. The summed E-state index contributed by atoms with van der Waals surface area (Å²) in [7, 11) is 0. The molecule has 0 N–H and O–H groups in total. The highest BCUT2D eigenvalue weighted by atomic mass is 32.1. The van der Waals surface area contributed by atoms with E-state index in [0.29, 0.717) is 5.69 Å². The molecule has 0 atom stereocenters. The first-order valence-electron chi connectivity index (χ1n) is 8.30. The van der Waals surface area contributed by atoms with Gasteiger partial charge in [-0.15, -0.1) is 0 Å². The van der Waals surface area contributed by atoms with Gasteiger partial charge in [-0.3, -0.25) is 9.20 Å². The number of hydrogen-bond acceptors (Lipinski definition) is 4. The Kier molecular flexibility index (Phi) is 4.08. The van der Waals surface area contributed by atoms with Crippen LogP contribution in [0, 0.1) is 0 Å². The molecule has 1 fully saturated rings. The largest absolute Gasteiger partial charge is 0.335 e. The molecule has 0 saturated carbocycles. The Morgan fingerprint density at radius 1 is 1.12 bits per heavy atom. The van der Waals surface area contributed by atoms with E-state index in [1.165, 1.54) is 5.56 Å². The van der Waals surface area contributed by atoms with Gasteiger partial charge in [0.05, 0.1) is 4.88 Å². The fraction of sp³-hybridized carbons (Fsp3) is 0.333. The first kappa shape index (κ1) is 15.4. The third-order valence-corrected chi connectivity index (χ3v) is 5.59. The zero-order chi connectivity index (χ0) is 16.5. The Morgan fingerprint density at radius 3 is 2.54 bits per heavy atom. The summed E-state index contributed by atoms with van der Waals surface area (Å²) in [6, 6.07) is 10.2. The number of rotatable bonds is 3. The third-order valence-electron chi connectivity index (χ3n) is 4.54. The van der Waals surface area contributed by atoms with Crippen LogP contribution in [0.1, 0.15) is 17.4 Å². The highest BCUT2D eigenvalue weighted by Gasteiger charge is 2.23. The molecule has 24 heavy (non-hydrogen) atoms. The highest BCUT2D eigenvalue weighted by molar-refractivity contribution is 7.20. The summed E-state index contributed by atoms with van der Waals surface area (Å²) < 4.78 is 1.96. The molecule has 6 heteroatoms. The molecule has 0 radical (unpaired) electrons. The van der Waals surface area contributed by atoms with E-state index in [9.17, 15) is 4.79 Å². The van der Waals surface area contributed by atoms with Crippen LogP contribution in [0.25, 0.3) is 15.4 Å². The quantitative estimate of drug-likeness (QED) is 0.736. The van der Waals surface area contributed by atoms with E-state index < -0.39 is 0 Å². The van der Waals surface area contributed by atoms with Gasteiger partial charge in [-0.2, -0.15) is 0 Å². The van der Waals surface area contributed by atoms with Crippen LogP contribution in [0.5, 0.6) is 0 Å². The van der Waals surface area contributed by atoms with Crippen molar-refractivity contribution in [1.82, 2.24) is 19.2 Å². The molecule has 1 amide bonds. The van der Waals surface area contributed by atoms with E-state index in [1.807, 2.05) is 39.9 Å². The SMILES string of the molecule is CCN1CCN(C(=O)c2cn3cc(-c4ccccc4)sc3n2)CC1. The maximum absolute atomic E-state index is 12.7. The standard InChI is InChI=1S/C18H20N4OS/c1-2-20-8-10-21(11-9-20)17(23)15-12-22-13-16(24-18(22)19-15)14-6-4-3-5-7-14/h3-7,12-13H,2,8-11H2,1H3. The molecule has 3 heterocycles. The maximum atomic E-state index is 12.7. The second kappa shape index (κ2) is 6.37. The van der Waals surface area contributed by atoms with Gasteiger partial charge in [-0.05, 0) is 12.1 Å². The normalized spacial score (nSPS) is 16.0. The number of fused-ring (bicyclic) bond motifs is 1. The smallest absolute Gasteiger partial charge is 0.274 e. The number of imidazole rings is 1. The van der Waals surface area contributed by atoms with Crippen molar-refractivity contribution in [2.24, 2.45) is 0 Å². The molecule has 5 nitrogen and oxygen atoms in total. The molecule has 4 rings (SSSR count). The zero-order valence-corrected chi connectivity index (χ0v) is 14.5. The molecular formula is C18H20N4OS. The predicted octanol–water partition coefficient (Wildman–Crippen LogP) is 2.84.